The number of hydrogen-bond donors (Lipinski definition) is 0. The summed E-state index contributed by atoms with van der Waals surface area (Å²) in [4.78, 5) is 15.9. The number of carbonyl (C=O) groups excluding carboxylic acids is 1. The van der Waals surface area contributed by atoms with E-state index in [1.54, 1.807) is 6.20 Å². The number of methoxy groups -OCH3 is 1. The van der Waals surface area contributed by atoms with Crippen LogP contribution in [0.1, 0.15) is 25.1 Å². The van der Waals surface area contributed by atoms with E-state index >= 15 is 0 Å². The van der Waals surface area contributed by atoms with E-state index in [9.17, 15) is 4.79 Å². The lowest BCUT2D eigenvalue weighted by molar-refractivity contribution is -0.142. The van der Waals surface area contributed by atoms with E-state index in [1.807, 2.05) is 35.7 Å². The third-order valence-corrected chi connectivity index (χ3v) is 2.67. The second kappa shape index (κ2) is 4.35. The van der Waals surface area contributed by atoms with Crippen LogP contribution in [0.4, 0.5) is 0 Å². The first kappa shape index (κ1) is 10.7. The van der Waals surface area contributed by atoms with E-state index in [0.29, 0.717) is 6.42 Å². The highest BCUT2D eigenvalue weighted by atomic mass is 16.5. The van der Waals surface area contributed by atoms with Crippen LogP contribution in [-0.2, 0) is 9.53 Å². The Balaban J connectivity index is 2.49. The summed E-state index contributed by atoms with van der Waals surface area (Å²) in [5, 5.41) is 0. The van der Waals surface area contributed by atoms with Crippen molar-refractivity contribution in [3.05, 3.63) is 36.4 Å². The molecule has 2 heterocycles. The van der Waals surface area contributed by atoms with Crippen LogP contribution in [0.5, 0.6) is 0 Å². The standard InChI is InChI=1S/C12H14N2O2/c1-3-10(12(15)16-2)11-13-8-9-6-4-5-7-14(9)11/h4-8,10H,3H2,1-2H3. The van der Waals surface area contributed by atoms with Crippen LogP contribution in [0.25, 0.3) is 5.52 Å². The van der Waals surface area contributed by atoms with Gasteiger partial charge in [0.1, 0.15) is 11.7 Å². The molecule has 0 N–H and O–H groups in total. The van der Waals surface area contributed by atoms with Crippen molar-refractivity contribution in [1.29, 1.82) is 0 Å². The van der Waals surface area contributed by atoms with Gasteiger partial charge in [-0.25, -0.2) is 4.98 Å². The molecule has 4 heteroatoms. The first-order valence-corrected chi connectivity index (χ1v) is 5.27. The number of pyridine rings is 1. The highest BCUT2D eigenvalue weighted by Gasteiger charge is 2.23. The maximum atomic E-state index is 11.6. The summed E-state index contributed by atoms with van der Waals surface area (Å²) in [6, 6.07) is 5.82. The molecule has 0 saturated carbocycles. The van der Waals surface area contributed by atoms with Gasteiger partial charge < -0.3 is 9.14 Å². The van der Waals surface area contributed by atoms with Gasteiger partial charge in [0.25, 0.3) is 0 Å². The second-order valence-electron chi connectivity index (χ2n) is 3.60. The molecule has 84 valence electrons. The number of imidazole rings is 1. The monoisotopic (exact) mass is 218 g/mol. The van der Waals surface area contributed by atoms with E-state index in [4.69, 9.17) is 4.74 Å². The molecule has 2 rings (SSSR count). The third-order valence-electron chi connectivity index (χ3n) is 2.67. The average molecular weight is 218 g/mol. The van der Waals surface area contributed by atoms with Gasteiger partial charge in [-0.1, -0.05) is 13.0 Å². The molecular weight excluding hydrogens is 204 g/mol. The van der Waals surface area contributed by atoms with Gasteiger partial charge in [0.05, 0.1) is 18.8 Å². The SMILES string of the molecule is CCC(C(=O)OC)c1ncc2ccccn12. The first-order chi connectivity index (χ1) is 7.77. The number of rotatable bonds is 3. The minimum absolute atomic E-state index is 0.237. The highest BCUT2D eigenvalue weighted by molar-refractivity contribution is 5.77. The number of esters is 1. The Bertz CT molecular complexity index is 504. The lowest BCUT2D eigenvalue weighted by atomic mass is 10.1. The summed E-state index contributed by atoms with van der Waals surface area (Å²) in [6.07, 6.45) is 4.35. The predicted octanol–water partition coefficient (Wildman–Crippen LogP) is 2.00. The molecule has 1 atom stereocenters. The first-order valence-electron chi connectivity index (χ1n) is 5.27. The van der Waals surface area contributed by atoms with Crippen LogP contribution in [0, 0.1) is 0 Å². The molecule has 0 fully saturated rings. The number of ether oxygens (including phenoxy) is 1. The highest BCUT2D eigenvalue weighted by Crippen LogP contribution is 2.20. The minimum Gasteiger partial charge on any atom is -0.468 e. The molecule has 0 amide bonds. The van der Waals surface area contributed by atoms with E-state index in [2.05, 4.69) is 4.98 Å². The largest absolute Gasteiger partial charge is 0.468 e. The van der Waals surface area contributed by atoms with Crippen LogP contribution in [0.3, 0.4) is 0 Å². The molecule has 0 radical (unpaired) electrons. The van der Waals surface area contributed by atoms with E-state index < -0.39 is 0 Å². The van der Waals surface area contributed by atoms with Crippen LogP contribution < -0.4 is 0 Å². The molecule has 0 aliphatic carbocycles. The summed E-state index contributed by atoms with van der Waals surface area (Å²) < 4.78 is 6.71. The van der Waals surface area contributed by atoms with Crippen molar-refractivity contribution in [3.8, 4) is 0 Å². The molecule has 0 saturated heterocycles. The predicted molar refractivity (Wildman–Crippen MR) is 60.2 cm³/mol. The maximum Gasteiger partial charge on any atom is 0.316 e. The van der Waals surface area contributed by atoms with Gasteiger partial charge in [0, 0.05) is 6.20 Å². The molecule has 0 spiro atoms. The second-order valence-corrected chi connectivity index (χ2v) is 3.60. The zero-order valence-corrected chi connectivity index (χ0v) is 9.38. The van der Waals surface area contributed by atoms with Gasteiger partial charge in [-0.2, -0.15) is 0 Å². The Labute approximate surface area is 93.9 Å². The fourth-order valence-corrected chi connectivity index (χ4v) is 1.82. The zero-order chi connectivity index (χ0) is 11.5. The fraction of sp³-hybridized carbons (Fsp3) is 0.333. The Hall–Kier alpha value is -1.84. The summed E-state index contributed by atoms with van der Waals surface area (Å²) in [6.45, 7) is 1.95. The van der Waals surface area contributed by atoms with Gasteiger partial charge >= 0.3 is 5.97 Å². The quantitative estimate of drug-likeness (QED) is 0.740. The van der Waals surface area contributed by atoms with Gasteiger partial charge in [-0.05, 0) is 18.6 Å². The molecule has 4 nitrogen and oxygen atoms in total. The molecular formula is C12H14N2O2. The Morgan fingerprint density at radius 3 is 3.06 bits per heavy atom. The Kier molecular flexibility index (Phi) is 2.90. The summed E-state index contributed by atoms with van der Waals surface area (Å²) in [5.74, 6) is 0.207. The van der Waals surface area contributed by atoms with Gasteiger partial charge in [0.15, 0.2) is 0 Å². The van der Waals surface area contributed by atoms with Crippen molar-refractivity contribution in [2.24, 2.45) is 0 Å². The average Bonchev–Trinajstić information content (AvgIpc) is 2.74. The Morgan fingerprint density at radius 1 is 1.56 bits per heavy atom. The van der Waals surface area contributed by atoms with E-state index in [-0.39, 0.29) is 11.9 Å². The van der Waals surface area contributed by atoms with Crippen molar-refractivity contribution in [3.63, 3.8) is 0 Å². The van der Waals surface area contributed by atoms with Gasteiger partial charge in [-0.3, -0.25) is 4.79 Å². The lowest BCUT2D eigenvalue weighted by Gasteiger charge is -2.11. The van der Waals surface area contributed by atoms with Crippen LogP contribution in [-0.4, -0.2) is 22.5 Å². The molecule has 0 bridgehead atoms. The van der Waals surface area contributed by atoms with E-state index in [0.717, 1.165) is 11.3 Å². The molecule has 2 aromatic heterocycles. The smallest absolute Gasteiger partial charge is 0.316 e. The Morgan fingerprint density at radius 2 is 2.38 bits per heavy atom. The molecule has 0 aromatic carbocycles. The molecule has 1 unspecified atom stereocenters. The molecule has 0 aliphatic rings. The number of aromatic nitrogens is 2. The third kappa shape index (κ3) is 1.66. The number of hydrogen-bond acceptors (Lipinski definition) is 3. The number of carbonyl (C=O) groups is 1. The van der Waals surface area contributed by atoms with Crippen molar-refractivity contribution in [2.75, 3.05) is 7.11 Å². The van der Waals surface area contributed by atoms with Crippen molar-refractivity contribution in [2.45, 2.75) is 19.3 Å². The van der Waals surface area contributed by atoms with Crippen molar-refractivity contribution in [1.82, 2.24) is 9.38 Å². The minimum atomic E-state index is -0.296. The molecule has 0 aliphatic heterocycles. The van der Waals surface area contributed by atoms with Crippen molar-refractivity contribution < 1.29 is 9.53 Å². The summed E-state index contributed by atoms with van der Waals surface area (Å²) in [5.41, 5.74) is 0.986. The van der Waals surface area contributed by atoms with Crippen LogP contribution >= 0.6 is 0 Å². The lowest BCUT2D eigenvalue weighted by Crippen LogP contribution is -2.16. The van der Waals surface area contributed by atoms with Crippen LogP contribution in [0.2, 0.25) is 0 Å². The molecule has 2 aromatic rings. The van der Waals surface area contributed by atoms with Crippen LogP contribution in [0.15, 0.2) is 30.6 Å². The number of nitrogens with zero attached hydrogens (tertiary/aromatic N) is 2. The maximum absolute atomic E-state index is 11.6. The molecule has 16 heavy (non-hydrogen) atoms. The summed E-state index contributed by atoms with van der Waals surface area (Å²) >= 11 is 0. The van der Waals surface area contributed by atoms with E-state index in [1.165, 1.54) is 7.11 Å². The summed E-state index contributed by atoms with van der Waals surface area (Å²) in [7, 11) is 1.40. The fourth-order valence-electron chi connectivity index (χ4n) is 1.82. The topological polar surface area (TPSA) is 43.6 Å². The number of fused-ring (bicyclic) bond motifs is 1. The van der Waals surface area contributed by atoms with Gasteiger partial charge in [0.2, 0.25) is 0 Å². The zero-order valence-electron chi connectivity index (χ0n) is 9.38. The van der Waals surface area contributed by atoms with Crippen molar-refractivity contribution >= 4 is 11.5 Å². The van der Waals surface area contributed by atoms with Gasteiger partial charge in [-0.15, -0.1) is 0 Å². The normalized spacial score (nSPS) is 12.6.